The summed E-state index contributed by atoms with van der Waals surface area (Å²) in [4.78, 5) is 16.3. The number of aromatic hydroxyl groups is 1. The Kier molecular flexibility index (Phi) is 7.25. The van der Waals surface area contributed by atoms with E-state index in [1.165, 1.54) is 0 Å². The Morgan fingerprint density at radius 3 is 2.67 bits per heavy atom. The third kappa shape index (κ3) is 4.96. The summed E-state index contributed by atoms with van der Waals surface area (Å²) >= 11 is 0. The number of aliphatic hydroxyl groups excluding tert-OH is 1. The molecular formula is C28H35N5O3. The van der Waals surface area contributed by atoms with Gasteiger partial charge in [0, 0.05) is 55.4 Å². The van der Waals surface area contributed by atoms with Crippen LogP contribution in [0.25, 0.3) is 10.8 Å². The van der Waals surface area contributed by atoms with Gasteiger partial charge in [0.15, 0.2) is 0 Å². The van der Waals surface area contributed by atoms with E-state index in [0.29, 0.717) is 19.2 Å². The lowest BCUT2D eigenvalue weighted by Gasteiger charge is -2.39. The maximum atomic E-state index is 10.4. The van der Waals surface area contributed by atoms with Crippen LogP contribution in [0.5, 0.6) is 11.8 Å². The normalized spacial score (nSPS) is 17.2. The highest BCUT2D eigenvalue weighted by atomic mass is 16.5. The van der Waals surface area contributed by atoms with Crippen molar-refractivity contribution < 1.29 is 14.9 Å². The van der Waals surface area contributed by atoms with Gasteiger partial charge in [0.1, 0.15) is 17.8 Å². The molecule has 1 unspecified atom stereocenters. The van der Waals surface area contributed by atoms with Crippen LogP contribution in [0.15, 0.2) is 49.1 Å². The molecule has 1 aromatic heterocycles. The fourth-order valence-electron chi connectivity index (χ4n) is 5.11. The van der Waals surface area contributed by atoms with Crippen molar-refractivity contribution in [3.63, 3.8) is 0 Å². The van der Waals surface area contributed by atoms with Gasteiger partial charge in [-0.2, -0.15) is 9.97 Å². The molecule has 2 aliphatic heterocycles. The number of rotatable bonds is 8. The van der Waals surface area contributed by atoms with Gasteiger partial charge < -0.3 is 24.7 Å². The van der Waals surface area contributed by atoms with E-state index in [4.69, 9.17) is 14.7 Å². The highest BCUT2D eigenvalue weighted by molar-refractivity contribution is 5.95. The molecule has 5 rings (SSSR count). The van der Waals surface area contributed by atoms with E-state index in [2.05, 4.69) is 29.4 Å². The molecule has 0 amide bonds. The van der Waals surface area contributed by atoms with E-state index in [0.717, 1.165) is 85.5 Å². The number of nitrogens with zero attached hydrogens (tertiary/aromatic N) is 5. The van der Waals surface area contributed by atoms with Gasteiger partial charge in [-0.15, -0.1) is 0 Å². The summed E-state index contributed by atoms with van der Waals surface area (Å²) in [5.41, 5.74) is 3.15. The summed E-state index contributed by atoms with van der Waals surface area (Å²) in [6, 6.07) is 12.2. The van der Waals surface area contributed by atoms with Crippen LogP contribution in [0.4, 0.5) is 11.5 Å². The van der Waals surface area contributed by atoms with E-state index in [9.17, 15) is 10.2 Å². The summed E-state index contributed by atoms with van der Waals surface area (Å²) in [5.74, 6) is 1.21. The lowest BCUT2D eigenvalue weighted by atomic mass is 10.0. The lowest BCUT2D eigenvalue weighted by molar-refractivity contribution is 0.0379. The van der Waals surface area contributed by atoms with Crippen molar-refractivity contribution >= 4 is 22.3 Å². The molecule has 2 aromatic carbocycles. The Hall–Kier alpha value is -3.36. The van der Waals surface area contributed by atoms with Gasteiger partial charge in [0.2, 0.25) is 0 Å². The molecule has 0 spiro atoms. The standard InChI is InChI=1S/C28H35N5O3/c1-3-5-16-36-28-29-24-19-33(25-18-21(34)17-20-8-6-7-9-22(20)25)11-10-23(24)27(30-28)32-14-12-31(13-15-32)26(35)4-2/h4,6-9,17-18,26,34-35H,2-3,5,10-16,19H2,1H3. The largest absolute Gasteiger partial charge is 0.508 e. The topological polar surface area (TPSA) is 85.2 Å². The third-order valence-corrected chi connectivity index (χ3v) is 7.12. The van der Waals surface area contributed by atoms with Gasteiger partial charge in [-0.05, 0) is 30.4 Å². The second-order valence-electron chi connectivity index (χ2n) is 9.49. The van der Waals surface area contributed by atoms with E-state index >= 15 is 0 Å². The quantitative estimate of drug-likeness (QED) is 0.366. The minimum Gasteiger partial charge on any atom is -0.508 e. The molecule has 190 valence electrons. The lowest BCUT2D eigenvalue weighted by Crippen LogP contribution is -2.50. The smallest absolute Gasteiger partial charge is 0.318 e. The van der Waals surface area contributed by atoms with Crippen LogP contribution in [0.3, 0.4) is 0 Å². The van der Waals surface area contributed by atoms with E-state index < -0.39 is 6.23 Å². The first-order valence-electron chi connectivity index (χ1n) is 12.9. The number of benzene rings is 2. The van der Waals surface area contributed by atoms with Crippen molar-refractivity contribution in [2.75, 3.05) is 49.1 Å². The molecule has 2 N–H and O–H groups in total. The molecule has 2 aliphatic rings. The Balaban J connectivity index is 1.46. The molecular weight excluding hydrogens is 454 g/mol. The van der Waals surface area contributed by atoms with E-state index in [-0.39, 0.29) is 5.75 Å². The molecule has 1 atom stereocenters. The molecule has 0 radical (unpaired) electrons. The summed E-state index contributed by atoms with van der Waals surface area (Å²) in [6.45, 7) is 10.9. The average molecular weight is 490 g/mol. The fraction of sp³-hybridized carbons (Fsp3) is 0.429. The Morgan fingerprint density at radius 1 is 1.08 bits per heavy atom. The predicted octanol–water partition coefficient (Wildman–Crippen LogP) is 3.70. The fourth-order valence-corrected chi connectivity index (χ4v) is 5.11. The number of aromatic nitrogens is 2. The maximum Gasteiger partial charge on any atom is 0.318 e. The Bertz CT molecular complexity index is 1230. The number of anilines is 2. The number of phenols is 1. The van der Waals surface area contributed by atoms with Crippen molar-refractivity contribution in [2.45, 2.75) is 39.0 Å². The number of hydrogen-bond donors (Lipinski definition) is 2. The van der Waals surface area contributed by atoms with Gasteiger partial charge >= 0.3 is 6.01 Å². The Morgan fingerprint density at radius 2 is 1.89 bits per heavy atom. The molecule has 3 heterocycles. The Labute approximate surface area is 212 Å². The SMILES string of the molecule is C=CC(O)N1CCN(c2nc(OCCCC)nc3c2CCN(c2cc(O)cc4ccccc24)C3)CC1. The highest BCUT2D eigenvalue weighted by Gasteiger charge is 2.29. The van der Waals surface area contributed by atoms with Crippen molar-refractivity contribution in [1.29, 1.82) is 0 Å². The first kappa shape index (κ1) is 24.3. The molecule has 8 heteroatoms. The summed E-state index contributed by atoms with van der Waals surface area (Å²) < 4.78 is 5.98. The number of unbranched alkanes of at least 4 members (excludes halogenated alkanes) is 1. The van der Waals surface area contributed by atoms with Crippen LogP contribution in [0.1, 0.15) is 31.0 Å². The number of hydrogen-bond acceptors (Lipinski definition) is 8. The number of ether oxygens (including phenoxy) is 1. The first-order chi connectivity index (χ1) is 17.6. The number of piperazine rings is 1. The molecule has 1 fully saturated rings. The molecule has 3 aromatic rings. The van der Waals surface area contributed by atoms with Crippen LogP contribution in [-0.4, -0.2) is 70.6 Å². The molecule has 0 aliphatic carbocycles. The first-order valence-corrected chi connectivity index (χ1v) is 12.9. The van der Waals surface area contributed by atoms with Gasteiger partial charge in [0.25, 0.3) is 0 Å². The van der Waals surface area contributed by atoms with Gasteiger partial charge in [0.05, 0.1) is 18.8 Å². The predicted molar refractivity (Wildman–Crippen MR) is 143 cm³/mol. The zero-order valence-corrected chi connectivity index (χ0v) is 20.9. The molecule has 8 nitrogen and oxygen atoms in total. The van der Waals surface area contributed by atoms with Crippen LogP contribution >= 0.6 is 0 Å². The summed E-state index contributed by atoms with van der Waals surface area (Å²) in [7, 11) is 0. The maximum absolute atomic E-state index is 10.4. The van der Waals surface area contributed by atoms with Gasteiger partial charge in [-0.3, -0.25) is 4.90 Å². The zero-order valence-electron chi connectivity index (χ0n) is 20.9. The summed E-state index contributed by atoms with van der Waals surface area (Å²) in [5, 5.41) is 22.7. The number of aliphatic hydroxyl groups is 1. The van der Waals surface area contributed by atoms with Gasteiger partial charge in [-0.1, -0.05) is 44.2 Å². The van der Waals surface area contributed by atoms with Gasteiger partial charge in [-0.25, -0.2) is 0 Å². The second-order valence-corrected chi connectivity index (χ2v) is 9.49. The van der Waals surface area contributed by atoms with Crippen molar-refractivity contribution in [3.8, 4) is 11.8 Å². The average Bonchev–Trinajstić information content (AvgIpc) is 2.91. The minimum absolute atomic E-state index is 0.265. The van der Waals surface area contributed by atoms with Crippen LogP contribution in [-0.2, 0) is 13.0 Å². The monoisotopic (exact) mass is 489 g/mol. The molecule has 0 saturated carbocycles. The van der Waals surface area contributed by atoms with Crippen molar-refractivity contribution in [3.05, 3.63) is 60.3 Å². The molecule has 36 heavy (non-hydrogen) atoms. The molecule has 1 saturated heterocycles. The number of phenolic OH excluding ortho intramolecular Hbond substituents is 1. The molecule has 0 bridgehead atoms. The van der Waals surface area contributed by atoms with Crippen molar-refractivity contribution in [1.82, 2.24) is 14.9 Å². The van der Waals surface area contributed by atoms with Crippen LogP contribution in [0, 0.1) is 0 Å². The number of fused-ring (bicyclic) bond motifs is 2. The van der Waals surface area contributed by atoms with Crippen LogP contribution < -0.4 is 14.5 Å². The van der Waals surface area contributed by atoms with E-state index in [1.807, 2.05) is 29.2 Å². The third-order valence-electron chi connectivity index (χ3n) is 7.12. The highest BCUT2D eigenvalue weighted by Crippen LogP contribution is 2.36. The minimum atomic E-state index is -0.620. The second kappa shape index (κ2) is 10.7. The van der Waals surface area contributed by atoms with E-state index in [1.54, 1.807) is 12.1 Å². The zero-order chi connectivity index (χ0) is 25.1. The van der Waals surface area contributed by atoms with Crippen LogP contribution in [0.2, 0.25) is 0 Å². The van der Waals surface area contributed by atoms with Crippen molar-refractivity contribution in [2.24, 2.45) is 0 Å². The summed E-state index contributed by atoms with van der Waals surface area (Å²) in [6.07, 6.45) is 3.75.